The van der Waals surface area contributed by atoms with Gasteiger partial charge in [-0.3, -0.25) is 4.57 Å². The molecule has 1 unspecified atom stereocenters. The van der Waals surface area contributed by atoms with Crippen molar-refractivity contribution in [2.75, 3.05) is 20.3 Å². The number of hydrogen-bond acceptors (Lipinski definition) is 4. The fourth-order valence-electron chi connectivity index (χ4n) is 2.29. The van der Waals surface area contributed by atoms with E-state index in [9.17, 15) is 0 Å². The average molecular weight is 458 g/mol. The third-order valence-electron chi connectivity index (χ3n) is 3.45. The molecule has 8 heteroatoms. The van der Waals surface area contributed by atoms with Crippen molar-refractivity contribution >= 4 is 29.9 Å². The predicted molar refractivity (Wildman–Crippen MR) is 111 cm³/mol. The fourth-order valence-corrected chi connectivity index (χ4v) is 2.29. The summed E-state index contributed by atoms with van der Waals surface area (Å²) in [4.78, 5) is 13.3. The summed E-state index contributed by atoms with van der Waals surface area (Å²) >= 11 is 0. The van der Waals surface area contributed by atoms with E-state index < -0.39 is 0 Å². The maximum Gasteiger partial charge on any atom is 0.191 e. The molecule has 0 radical (unpaired) electrons. The van der Waals surface area contributed by atoms with Gasteiger partial charge in [-0.15, -0.1) is 24.0 Å². The van der Waals surface area contributed by atoms with Crippen molar-refractivity contribution in [3.8, 4) is 5.82 Å². The topological polar surface area (TPSA) is 76.4 Å². The normalized spacial score (nSPS) is 12.4. The first kappa shape index (κ1) is 21.4. The number of guanidine groups is 1. The van der Waals surface area contributed by atoms with Crippen LogP contribution in [0.3, 0.4) is 0 Å². The Labute approximate surface area is 166 Å². The molecule has 2 aromatic heterocycles. The third kappa shape index (κ3) is 6.62. The van der Waals surface area contributed by atoms with Gasteiger partial charge in [0.1, 0.15) is 11.6 Å². The number of hydrogen-bond donors (Lipinski definition) is 2. The number of pyridine rings is 1. The van der Waals surface area contributed by atoms with Gasteiger partial charge in [0, 0.05) is 38.3 Å². The Balaban J connectivity index is 0.00000312. The second-order valence-electron chi connectivity index (χ2n) is 5.56. The van der Waals surface area contributed by atoms with E-state index in [1.54, 1.807) is 13.3 Å². The van der Waals surface area contributed by atoms with Gasteiger partial charge in [0.25, 0.3) is 0 Å². The molecule has 2 heterocycles. The molecule has 0 amide bonds. The highest BCUT2D eigenvalue weighted by molar-refractivity contribution is 14.0. The molecule has 2 rings (SSSR count). The summed E-state index contributed by atoms with van der Waals surface area (Å²) in [5.41, 5.74) is 1.05. The molecule has 0 saturated heterocycles. The number of imidazole rings is 1. The number of nitrogens with zero attached hydrogens (tertiary/aromatic N) is 4. The summed E-state index contributed by atoms with van der Waals surface area (Å²) < 4.78 is 7.09. The maximum atomic E-state index is 5.14. The summed E-state index contributed by atoms with van der Waals surface area (Å²) in [5, 5.41) is 6.55. The minimum atomic E-state index is 0. The number of methoxy groups -OCH3 is 1. The van der Waals surface area contributed by atoms with E-state index in [0.717, 1.165) is 29.7 Å². The third-order valence-corrected chi connectivity index (χ3v) is 3.45. The standard InChI is InChI=1S/C17H26N6O.HI/c1-5-18-17(22-13(2)12-24-4)21-11-15-6-7-16(20-10-15)23-9-8-19-14(23)3;/h6-10,13H,5,11-12H2,1-4H3,(H2,18,21,22);1H. The summed E-state index contributed by atoms with van der Waals surface area (Å²) in [6.45, 7) is 8.05. The van der Waals surface area contributed by atoms with E-state index in [0.29, 0.717) is 13.2 Å². The van der Waals surface area contributed by atoms with Crippen LogP contribution >= 0.6 is 24.0 Å². The second-order valence-corrected chi connectivity index (χ2v) is 5.56. The van der Waals surface area contributed by atoms with Crippen LogP contribution in [0.15, 0.2) is 35.7 Å². The van der Waals surface area contributed by atoms with Crippen molar-refractivity contribution < 1.29 is 4.74 Å². The molecular weight excluding hydrogens is 431 g/mol. The summed E-state index contributed by atoms with van der Waals surface area (Å²) in [6, 6.07) is 4.21. The van der Waals surface area contributed by atoms with E-state index in [1.165, 1.54) is 0 Å². The van der Waals surface area contributed by atoms with Crippen LogP contribution in [0, 0.1) is 6.92 Å². The maximum absolute atomic E-state index is 5.14. The van der Waals surface area contributed by atoms with Gasteiger partial charge in [0.15, 0.2) is 5.96 Å². The van der Waals surface area contributed by atoms with Gasteiger partial charge in [-0.05, 0) is 32.4 Å². The molecule has 0 bridgehead atoms. The molecule has 0 spiro atoms. The predicted octanol–water partition coefficient (Wildman–Crippen LogP) is 2.28. The van der Waals surface area contributed by atoms with E-state index >= 15 is 0 Å². The van der Waals surface area contributed by atoms with E-state index in [1.807, 2.05) is 42.9 Å². The molecule has 0 aromatic carbocycles. The molecule has 138 valence electrons. The van der Waals surface area contributed by atoms with Crippen molar-refractivity contribution in [1.82, 2.24) is 25.2 Å². The van der Waals surface area contributed by atoms with Crippen molar-refractivity contribution in [2.45, 2.75) is 33.4 Å². The van der Waals surface area contributed by atoms with Crippen LogP contribution in [0.1, 0.15) is 25.2 Å². The van der Waals surface area contributed by atoms with Gasteiger partial charge in [-0.25, -0.2) is 15.0 Å². The first-order valence-corrected chi connectivity index (χ1v) is 8.13. The Morgan fingerprint density at radius 1 is 1.36 bits per heavy atom. The van der Waals surface area contributed by atoms with Gasteiger partial charge >= 0.3 is 0 Å². The van der Waals surface area contributed by atoms with Crippen molar-refractivity contribution in [3.63, 3.8) is 0 Å². The van der Waals surface area contributed by atoms with Crippen LogP contribution in [0.4, 0.5) is 0 Å². The summed E-state index contributed by atoms with van der Waals surface area (Å²) in [7, 11) is 1.69. The molecule has 0 aliphatic heterocycles. The molecule has 7 nitrogen and oxygen atoms in total. The minimum absolute atomic E-state index is 0. The van der Waals surface area contributed by atoms with Crippen LogP contribution in [0.5, 0.6) is 0 Å². The fraction of sp³-hybridized carbons (Fsp3) is 0.471. The summed E-state index contributed by atoms with van der Waals surface area (Å²) in [5.74, 6) is 2.55. The van der Waals surface area contributed by atoms with Gasteiger partial charge < -0.3 is 15.4 Å². The number of aromatic nitrogens is 3. The van der Waals surface area contributed by atoms with Crippen molar-refractivity contribution in [1.29, 1.82) is 0 Å². The molecule has 2 aromatic rings. The number of aryl methyl sites for hydroxylation is 1. The number of rotatable bonds is 7. The zero-order valence-electron chi connectivity index (χ0n) is 15.2. The van der Waals surface area contributed by atoms with Crippen LogP contribution in [-0.4, -0.2) is 46.8 Å². The van der Waals surface area contributed by atoms with E-state index in [4.69, 9.17) is 4.74 Å². The highest BCUT2D eigenvalue weighted by Gasteiger charge is 2.05. The average Bonchev–Trinajstić information content (AvgIpc) is 2.99. The van der Waals surface area contributed by atoms with Gasteiger partial charge in [-0.1, -0.05) is 6.07 Å². The lowest BCUT2D eigenvalue weighted by Gasteiger charge is -2.17. The van der Waals surface area contributed by atoms with Crippen molar-refractivity contribution in [3.05, 3.63) is 42.1 Å². The van der Waals surface area contributed by atoms with E-state index in [2.05, 4.69) is 32.5 Å². The van der Waals surface area contributed by atoms with E-state index in [-0.39, 0.29) is 30.0 Å². The lowest BCUT2D eigenvalue weighted by Crippen LogP contribution is -2.43. The number of nitrogens with one attached hydrogen (secondary N) is 2. The van der Waals surface area contributed by atoms with Gasteiger partial charge in [0.05, 0.1) is 13.2 Å². The van der Waals surface area contributed by atoms with Crippen molar-refractivity contribution in [2.24, 2.45) is 4.99 Å². The molecule has 25 heavy (non-hydrogen) atoms. The van der Waals surface area contributed by atoms with Crippen LogP contribution in [0.2, 0.25) is 0 Å². The molecular formula is C17H27IN6O. The Morgan fingerprint density at radius 3 is 2.72 bits per heavy atom. The zero-order valence-corrected chi connectivity index (χ0v) is 17.5. The molecule has 0 fully saturated rings. The Morgan fingerprint density at radius 2 is 2.16 bits per heavy atom. The Kier molecular flexibility index (Phi) is 9.43. The highest BCUT2D eigenvalue weighted by atomic mass is 127. The summed E-state index contributed by atoms with van der Waals surface area (Å²) in [6.07, 6.45) is 5.52. The monoisotopic (exact) mass is 458 g/mol. The number of ether oxygens (including phenoxy) is 1. The Bertz CT molecular complexity index is 655. The van der Waals surface area contributed by atoms with Crippen LogP contribution in [-0.2, 0) is 11.3 Å². The number of aliphatic imine (C=N–C) groups is 1. The zero-order chi connectivity index (χ0) is 17.4. The minimum Gasteiger partial charge on any atom is -0.383 e. The Hall–Kier alpha value is -1.68. The van der Waals surface area contributed by atoms with Crippen LogP contribution in [0.25, 0.3) is 5.82 Å². The second kappa shape index (κ2) is 11.0. The van der Waals surface area contributed by atoms with Gasteiger partial charge in [0.2, 0.25) is 0 Å². The first-order chi connectivity index (χ1) is 11.6. The molecule has 2 N–H and O–H groups in total. The lowest BCUT2D eigenvalue weighted by atomic mass is 10.3. The molecule has 0 saturated carbocycles. The highest BCUT2D eigenvalue weighted by Crippen LogP contribution is 2.09. The van der Waals surface area contributed by atoms with Gasteiger partial charge in [-0.2, -0.15) is 0 Å². The molecule has 1 atom stereocenters. The van der Waals surface area contributed by atoms with Crippen LogP contribution < -0.4 is 10.6 Å². The quantitative estimate of drug-likeness (QED) is 0.378. The smallest absolute Gasteiger partial charge is 0.191 e. The molecule has 0 aliphatic rings. The largest absolute Gasteiger partial charge is 0.383 e. The first-order valence-electron chi connectivity index (χ1n) is 8.13. The number of halogens is 1. The SMILES string of the molecule is CCNC(=NCc1ccc(-n2ccnc2C)nc1)NC(C)COC.I. The molecule has 0 aliphatic carbocycles. The lowest BCUT2D eigenvalue weighted by molar-refractivity contribution is 0.179.